The summed E-state index contributed by atoms with van der Waals surface area (Å²) >= 11 is 6.21. The van der Waals surface area contributed by atoms with Gasteiger partial charge in [0.1, 0.15) is 13.2 Å². The Morgan fingerprint density at radius 3 is 2.71 bits per heavy atom. The maximum absolute atomic E-state index is 12.3. The maximum atomic E-state index is 12.3. The smallest absolute Gasteiger partial charge is 0.248 e. The van der Waals surface area contributed by atoms with Crippen molar-refractivity contribution in [1.82, 2.24) is 0 Å². The number of halogens is 1. The Hall–Kier alpha value is -2.99. The normalized spacial score (nSPS) is 15.9. The van der Waals surface area contributed by atoms with E-state index in [4.69, 9.17) is 21.1 Å². The third-order valence-electron chi connectivity index (χ3n) is 4.59. The summed E-state index contributed by atoms with van der Waals surface area (Å²) in [6.07, 6.45) is 4.49. The zero-order valence-corrected chi connectivity index (χ0v) is 15.9. The lowest BCUT2D eigenvalue weighted by atomic mass is 10.1. The van der Waals surface area contributed by atoms with Gasteiger partial charge in [-0.25, -0.2) is 0 Å². The van der Waals surface area contributed by atoms with E-state index in [1.807, 2.05) is 18.2 Å². The molecule has 0 aliphatic carbocycles. The van der Waals surface area contributed by atoms with E-state index in [1.54, 1.807) is 29.2 Å². The van der Waals surface area contributed by atoms with Gasteiger partial charge in [0.25, 0.3) is 0 Å². The predicted octanol–water partition coefficient (Wildman–Crippen LogP) is 3.89. The molecule has 2 amide bonds. The van der Waals surface area contributed by atoms with Crippen LogP contribution in [0.15, 0.2) is 42.5 Å². The Labute approximate surface area is 167 Å². The molecule has 28 heavy (non-hydrogen) atoms. The molecule has 0 bridgehead atoms. The zero-order chi connectivity index (χ0) is 19.5. The van der Waals surface area contributed by atoms with Crippen molar-refractivity contribution < 1.29 is 19.1 Å². The molecule has 0 saturated carbocycles. The molecule has 2 aliphatic rings. The summed E-state index contributed by atoms with van der Waals surface area (Å²) in [5, 5.41) is 3.18. The van der Waals surface area contributed by atoms with Gasteiger partial charge in [-0.05, 0) is 48.4 Å². The molecule has 4 rings (SSSR count). The summed E-state index contributed by atoms with van der Waals surface area (Å²) in [6.45, 7) is 1.72. The van der Waals surface area contributed by atoms with Crippen LogP contribution in [0.25, 0.3) is 6.08 Å². The van der Waals surface area contributed by atoms with Gasteiger partial charge in [0.2, 0.25) is 11.8 Å². The van der Waals surface area contributed by atoms with Gasteiger partial charge in [-0.1, -0.05) is 17.7 Å². The van der Waals surface area contributed by atoms with E-state index in [-0.39, 0.29) is 11.8 Å². The second kappa shape index (κ2) is 7.94. The number of carbonyl (C=O) groups excluding carboxylic acids is 2. The van der Waals surface area contributed by atoms with Crippen LogP contribution >= 0.6 is 11.6 Å². The highest BCUT2D eigenvalue weighted by Gasteiger charge is 2.22. The Kier molecular flexibility index (Phi) is 5.21. The molecule has 0 spiro atoms. The van der Waals surface area contributed by atoms with Gasteiger partial charge in [0.05, 0.1) is 10.7 Å². The summed E-state index contributed by atoms with van der Waals surface area (Å²) in [6, 6.07) is 10.7. The van der Waals surface area contributed by atoms with Crippen molar-refractivity contribution in [2.75, 3.05) is 30.0 Å². The number of benzene rings is 2. The second-order valence-electron chi connectivity index (χ2n) is 6.54. The molecule has 2 aromatic rings. The molecule has 0 radical (unpaired) electrons. The number of ether oxygens (including phenoxy) is 2. The van der Waals surface area contributed by atoms with Crippen LogP contribution in [0.5, 0.6) is 11.5 Å². The number of fused-ring (bicyclic) bond motifs is 1. The van der Waals surface area contributed by atoms with Crippen LogP contribution in [0.1, 0.15) is 18.4 Å². The molecule has 1 N–H and O–H groups in total. The average Bonchev–Trinajstić information content (AvgIpc) is 3.14. The third-order valence-corrected chi connectivity index (χ3v) is 4.92. The van der Waals surface area contributed by atoms with Gasteiger partial charge in [0, 0.05) is 24.7 Å². The lowest BCUT2D eigenvalue weighted by Gasteiger charge is -2.18. The van der Waals surface area contributed by atoms with E-state index in [0.29, 0.717) is 48.4 Å². The molecule has 0 unspecified atom stereocenters. The van der Waals surface area contributed by atoms with Gasteiger partial charge in [-0.2, -0.15) is 0 Å². The first kappa shape index (κ1) is 18.4. The highest BCUT2D eigenvalue weighted by molar-refractivity contribution is 6.34. The van der Waals surface area contributed by atoms with Crippen LogP contribution in [0.3, 0.4) is 0 Å². The molecular weight excluding hydrogens is 380 g/mol. The van der Waals surface area contributed by atoms with E-state index in [1.165, 1.54) is 6.08 Å². The summed E-state index contributed by atoms with van der Waals surface area (Å²) < 4.78 is 11.0. The topological polar surface area (TPSA) is 67.9 Å². The van der Waals surface area contributed by atoms with Gasteiger partial charge < -0.3 is 19.7 Å². The van der Waals surface area contributed by atoms with Crippen LogP contribution < -0.4 is 19.7 Å². The maximum Gasteiger partial charge on any atom is 0.248 e. The third kappa shape index (κ3) is 3.97. The number of hydrogen-bond donors (Lipinski definition) is 1. The minimum Gasteiger partial charge on any atom is -0.486 e. The van der Waals surface area contributed by atoms with Gasteiger partial charge in [-0.15, -0.1) is 0 Å². The van der Waals surface area contributed by atoms with E-state index in [0.717, 1.165) is 17.7 Å². The number of nitrogens with zero attached hydrogens (tertiary/aromatic N) is 1. The van der Waals surface area contributed by atoms with Crippen molar-refractivity contribution in [3.05, 3.63) is 53.1 Å². The minimum absolute atomic E-state index is 0.0816. The second-order valence-corrected chi connectivity index (χ2v) is 6.95. The molecule has 6 nitrogen and oxygen atoms in total. The Bertz CT molecular complexity index is 957. The number of carbonyl (C=O) groups is 2. The van der Waals surface area contributed by atoms with Crippen molar-refractivity contribution in [3.63, 3.8) is 0 Å². The molecule has 1 saturated heterocycles. The van der Waals surface area contributed by atoms with Crippen LogP contribution in [0.4, 0.5) is 11.4 Å². The minimum atomic E-state index is -0.318. The van der Waals surface area contributed by atoms with E-state index < -0.39 is 0 Å². The summed E-state index contributed by atoms with van der Waals surface area (Å²) in [4.78, 5) is 26.0. The van der Waals surface area contributed by atoms with E-state index in [9.17, 15) is 9.59 Å². The molecule has 0 aromatic heterocycles. The van der Waals surface area contributed by atoms with Crippen molar-refractivity contribution in [2.24, 2.45) is 0 Å². The van der Waals surface area contributed by atoms with E-state index in [2.05, 4.69) is 5.32 Å². The molecular formula is C21H19ClN2O4. The fraction of sp³-hybridized carbons (Fsp3) is 0.238. The van der Waals surface area contributed by atoms with Crippen molar-refractivity contribution in [2.45, 2.75) is 12.8 Å². The zero-order valence-electron chi connectivity index (χ0n) is 15.1. The monoisotopic (exact) mass is 398 g/mol. The average molecular weight is 399 g/mol. The number of hydrogen-bond acceptors (Lipinski definition) is 4. The standard InChI is InChI=1S/C21H19ClN2O4/c22-16-6-5-15(24-9-1-2-21(24)26)13-17(16)23-20(25)8-4-14-3-7-18-19(12-14)28-11-10-27-18/h3-8,12-13H,1-2,9-11H2,(H,23,25)/b8-4+. The van der Waals surface area contributed by atoms with Gasteiger partial charge in [0.15, 0.2) is 11.5 Å². The van der Waals surface area contributed by atoms with Gasteiger partial charge in [-0.3, -0.25) is 9.59 Å². The van der Waals surface area contributed by atoms with Crippen LogP contribution in [-0.4, -0.2) is 31.6 Å². The lowest BCUT2D eigenvalue weighted by molar-refractivity contribution is -0.117. The number of nitrogens with one attached hydrogen (secondary N) is 1. The molecule has 2 aliphatic heterocycles. The SMILES string of the molecule is O=C(/C=C/c1ccc2c(c1)OCCO2)Nc1cc(N2CCCC2=O)ccc1Cl. The first-order valence-electron chi connectivity index (χ1n) is 9.09. The quantitative estimate of drug-likeness (QED) is 0.793. The Morgan fingerprint density at radius 1 is 1.11 bits per heavy atom. The van der Waals surface area contributed by atoms with Crippen LogP contribution in [0.2, 0.25) is 5.02 Å². The summed E-state index contributed by atoms with van der Waals surface area (Å²) in [7, 11) is 0. The van der Waals surface area contributed by atoms with Crippen LogP contribution in [-0.2, 0) is 9.59 Å². The first-order valence-corrected chi connectivity index (χ1v) is 9.46. The lowest BCUT2D eigenvalue weighted by Crippen LogP contribution is -2.23. The molecule has 0 atom stereocenters. The Balaban J connectivity index is 1.46. The van der Waals surface area contributed by atoms with Crippen LogP contribution in [0, 0.1) is 0 Å². The molecule has 1 fully saturated rings. The highest BCUT2D eigenvalue weighted by atomic mass is 35.5. The predicted molar refractivity (Wildman–Crippen MR) is 108 cm³/mol. The van der Waals surface area contributed by atoms with E-state index >= 15 is 0 Å². The summed E-state index contributed by atoms with van der Waals surface area (Å²) in [5.74, 6) is 1.13. The highest BCUT2D eigenvalue weighted by Crippen LogP contribution is 2.32. The molecule has 2 aromatic carbocycles. The molecule has 144 valence electrons. The molecule has 2 heterocycles. The van der Waals surface area contributed by atoms with Crippen molar-refractivity contribution >= 4 is 40.9 Å². The molecule has 7 heteroatoms. The largest absolute Gasteiger partial charge is 0.486 e. The number of amides is 2. The number of anilines is 2. The first-order chi connectivity index (χ1) is 13.6. The van der Waals surface area contributed by atoms with Crippen molar-refractivity contribution in [1.29, 1.82) is 0 Å². The van der Waals surface area contributed by atoms with Gasteiger partial charge >= 0.3 is 0 Å². The van der Waals surface area contributed by atoms with Crippen molar-refractivity contribution in [3.8, 4) is 11.5 Å². The summed E-state index contributed by atoms with van der Waals surface area (Å²) in [5.41, 5.74) is 2.02. The fourth-order valence-electron chi connectivity index (χ4n) is 3.21. The fourth-order valence-corrected chi connectivity index (χ4v) is 3.37. The number of rotatable bonds is 4. The Morgan fingerprint density at radius 2 is 1.93 bits per heavy atom.